The van der Waals surface area contributed by atoms with Crippen LogP contribution in [-0.4, -0.2) is 33.8 Å². The van der Waals surface area contributed by atoms with Gasteiger partial charge in [-0.2, -0.15) is 0 Å². The first kappa shape index (κ1) is 13.0. The summed E-state index contributed by atoms with van der Waals surface area (Å²) in [5.74, 6) is 0.847. The van der Waals surface area contributed by atoms with Crippen molar-refractivity contribution in [1.29, 1.82) is 0 Å². The molecule has 0 saturated carbocycles. The van der Waals surface area contributed by atoms with E-state index in [9.17, 15) is 0 Å². The zero-order valence-electron chi connectivity index (χ0n) is 5.90. The van der Waals surface area contributed by atoms with Gasteiger partial charge in [-0.05, 0) is 0 Å². The summed E-state index contributed by atoms with van der Waals surface area (Å²) in [6, 6.07) is 0. The molecule has 0 amide bonds. The molecule has 0 unspecified atom stereocenters. The van der Waals surface area contributed by atoms with E-state index in [1.165, 1.54) is 5.28 Å². The maximum absolute atomic E-state index is 8.52. The van der Waals surface area contributed by atoms with Crippen molar-refractivity contribution < 1.29 is 17.5 Å². The van der Waals surface area contributed by atoms with E-state index >= 15 is 0 Å². The molecule has 0 saturated heterocycles. The molecule has 0 heterocycles. The molecule has 0 aliphatic rings. The third-order valence-electron chi connectivity index (χ3n) is 0.471. The van der Waals surface area contributed by atoms with Crippen LogP contribution in [0, 0.1) is 5.92 Å². The van der Waals surface area contributed by atoms with Gasteiger partial charge in [0.05, 0.1) is 0 Å². The van der Waals surface area contributed by atoms with Gasteiger partial charge < -0.3 is 9.11 Å². The Kier molecular flexibility index (Phi) is 7.99. The van der Waals surface area contributed by atoms with Crippen molar-refractivity contribution >= 4 is 26.7 Å². The Hall–Kier alpha value is 0.402. The van der Waals surface area contributed by atoms with Crippen LogP contribution in [-0.2, 0) is 10.4 Å². The Labute approximate surface area is 69.6 Å². The van der Waals surface area contributed by atoms with Crippen molar-refractivity contribution in [2.45, 2.75) is 19.1 Å². The van der Waals surface area contributed by atoms with Crippen molar-refractivity contribution in [3.8, 4) is 0 Å². The van der Waals surface area contributed by atoms with Gasteiger partial charge in [0.15, 0.2) is 0 Å². The normalized spacial score (nSPS) is 10.7. The monoisotopic (exact) mass is 180 g/mol. The molecule has 0 aliphatic carbocycles. The minimum atomic E-state index is -5.17. The molecule has 0 aromatic carbocycles. The zero-order valence-corrected chi connectivity index (χ0v) is 7.87. The summed E-state index contributed by atoms with van der Waals surface area (Å²) in [5.41, 5.74) is 0. The molecule has 4 nitrogen and oxygen atoms in total. The summed E-state index contributed by atoms with van der Waals surface area (Å²) in [6.07, 6.45) is 0. The van der Waals surface area contributed by atoms with Crippen molar-refractivity contribution in [1.82, 2.24) is 0 Å². The first-order valence-corrected chi connectivity index (χ1v) is 4.79. The summed E-state index contributed by atoms with van der Waals surface area (Å²) in [4.78, 5) is 0. The third kappa shape index (κ3) is 79.8. The molecule has 0 aliphatic heterocycles. The smallest absolute Gasteiger partial charge is 0.0311 e. The molecule has 0 rings (SSSR count). The van der Waals surface area contributed by atoms with Gasteiger partial charge in [0.25, 0.3) is 0 Å². The standard InChI is InChI=1S/C4H9.Al.H2O4S/c1-4(2)3;;1-5(2,3)4/h4H,1H2,2-3H3;;(H2,1,2,3,4)/q;+2;/p-2. The van der Waals surface area contributed by atoms with Crippen LogP contribution >= 0.6 is 0 Å². The fourth-order valence-corrected chi connectivity index (χ4v) is 0. The summed E-state index contributed by atoms with van der Waals surface area (Å²) >= 11 is 2.69. The zero-order chi connectivity index (χ0) is 8.78. The molecule has 58 valence electrons. The largest absolute Gasteiger partial charge is 0.759 e. The molecule has 6 heteroatoms. The average molecular weight is 180 g/mol. The third-order valence-corrected chi connectivity index (χ3v) is 1.41. The Bertz CT molecular complexity index is 143. The predicted molar refractivity (Wildman–Crippen MR) is 35.9 cm³/mol. The summed E-state index contributed by atoms with van der Waals surface area (Å²) in [7, 11) is -5.17. The summed E-state index contributed by atoms with van der Waals surface area (Å²) < 4.78 is 34.1. The van der Waals surface area contributed by atoms with Gasteiger partial charge >= 0.3 is 41.3 Å². The van der Waals surface area contributed by atoms with Crippen LogP contribution in [0.1, 0.15) is 13.8 Å². The van der Waals surface area contributed by atoms with E-state index in [-0.39, 0.29) is 0 Å². The molecule has 0 aromatic rings. The van der Waals surface area contributed by atoms with E-state index in [1.54, 1.807) is 0 Å². The Morgan fingerprint density at radius 1 is 1.40 bits per heavy atom. The maximum atomic E-state index is 8.52. The van der Waals surface area contributed by atoms with Crippen LogP contribution in [0.3, 0.4) is 0 Å². The summed E-state index contributed by atoms with van der Waals surface area (Å²) in [6.45, 7) is 4.40. The minimum Gasteiger partial charge on any atom is -0.759 e. The van der Waals surface area contributed by atoms with Crippen molar-refractivity contribution in [3.05, 3.63) is 0 Å². The first-order valence-electron chi connectivity index (χ1n) is 2.64. The molecular formula is C4H9AlO4S. The van der Waals surface area contributed by atoms with Gasteiger partial charge in [-0.25, -0.2) is 0 Å². The van der Waals surface area contributed by atoms with Crippen molar-refractivity contribution in [2.75, 3.05) is 0 Å². The van der Waals surface area contributed by atoms with Gasteiger partial charge in [-0.3, -0.25) is 8.42 Å². The Balaban J connectivity index is 0. The van der Waals surface area contributed by atoms with Crippen molar-refractivity contribution in [3.63, 3.8) is 0 Å². The Morgan fingerprint density at radius 2 is 1.50 bits per heavy atom. The first-order chi connectivity index (χ1) is 4.27. The quantitative estimate of drug-likeness (QED) is 0.320. The van der Waals surface area contributed by atoms with Gasteiger partial charge in [0, 0.05) is 10.4 Å². The van der Waals surface area contributed by atoms with Crippen LogP contribution < -0.4 is 0 Å². The fraction of sp³-hybridized carbons (Fsp3) is 1.00. The van der Waals surface area contributed by atoms with E-state index < -0.39 is 10.4 Å². The SMILES string of the molecule is CC(C)[CH2][Al+2].O=S(=O)([O-])[O-]. The van der Waals surface area contributed by atoms with E-state index in [1.807, 2.05) is 0 Å². The van der Waals surface area contributed by atoms with E-state index in [2.05, 4.69) is 30.1 Å². The van der Waals surface area contributed by atoms with E-state index in [4.69, 9.17) is 17.5 Å². The number of hydrogen-bond donors (Lipinski definition) is 0. The minimum absolute atomic E-state index is 0.847. The maximum Gasteiger partial charge on any atom is 0.0311 e. The van der Waals surface area contributed by atoms with Gasteiger partial charge in [-0.15, -0.1) is 0 Å². The topological polar surface area (TPSA) is 80.3 Å². The second-order valence-corrected chi connectivity index (χ2v) is 3.33. The van der Waals surface area contributed by atoms with Gasteiger partial charge in [-0.1, -0.05) is 0 Å². The van der Waals surface area contributed by atoms with Gasteiger partial charge in [0.1, 0.15) is 0 Å². The molecule has 0 aromatic heterocycles. The number of rotatable bonds is 1. The molecule has 0 atom stereocenters. The molecule has 0 fully saturated rings. The molecule has 0 spiro atoms. The summed E-state index contributed by atoms with van der Waals surface area (Å²) in [5, 5.41) is 1.22. The average Bonchev–Trinajstić information content (AvgIpc) is 1.61. The molecule has 0 radical (unpaired) electrons. The van der Waals surface area contributed by atoms with Crippen molar-refractivity contribution in [2.24, 2.45) is 5.92 Å². The van der Waals surface area contributed by atoms with Crippen LogP contribution in [0.15, 0.2) is 0 Å². The fourth-order valence-electron chi connectivity index (χ4n) is 0. The molecule has 10 heavy (non-hydrogen) atoms. The second-order valence-electron chi connectivity index (χ2n) is 2.04. The van der Waals surface area contributed by atoms with Crippen LogP contribution in [0.2, 0.25) is 5.28 Å². The van der Waals surface area contributed by atoms with Crippen LogP contribution in [0.5, 0.6) is 0 Å². The number of hydrogen-bond acceptors (Lipinski definition) is 4. The van der Waals surface area contributed by atoms with Gasteiger partial charge in [0.2, 0.25) is 0 Å². The molecular weight excluding hydrogens is 171 g/mol. The molecule has 0 N–H and O–H groups in total. The van der Waals surface area contributed by atoms with Crippen LogP contribution in [0.4, 0.5) is 0 Å². The predicted octanol–water partition coefficient (Wildman–Crippen LogP) is -0.109. The van der Waals surface area contributed by atoms with E-state index in [0.29, 0.717) is 0 Å². The van der Waals surface area contributed by atoms with Crippen LogP contribution in [0.25, 0.3) is 0 Å². The second kappa shape index (κ2) is 6.13. The molecule has 0 bridgehead atoms. The Morgan fingerprint density at radius 3 is 1.50 bits per heavy atom. The van der Waals surface area contributed by atoms with E-state index in [0.717, 1.165) is 5.92 Å².